The van der Waals surface area contributed by atoms with Crippen molar-refractivity contribution >= 4 is 35.0 Å². The van der Waals surface area contributed by atoms with Crippen LogP contribution in [-0.2, 0) is 11.2 Å². The molecule has 0 fully saturated rings. The molecular formula is C22H20ClN3O3S. The fraction of sp³-hybridized carbons (Fsp3) is 0.136. The fourth-order valence-electron chi connectivity index (χ4n) is 2.66. The number of allylic oxidation sites excluding steroid dienone is 1. The number of hydrogen-bond donors (Lipinski definition) is 2. The zero-order chi connectivity index (χ0) is 21.5. The molecule has 0 aliphatic heterocycles. The van der Waals surface area contributed by atoms with Crippen molar-refractivity contribution in [2.75, 3.05) is 11.1 Å². The third-order valence-corrected chi connectivity index (χ3v) is 5.18. The zero-order valence-corrected chi connectivity index (χ0v) is 17.8. The molecule has 0 bridgehead atoms. The van der Waals surface area contributed by atoms with Crippen LogP contribution in [0, 0.1) is 6.92 Å². The van der Waals surface area contributed by atoms with Crippen molar-refractivity contribution < 1.29 is 9.53 Å². The molecule has 1 amide bonds. The van der Waals surface area contributed by atoms with Gasteiger partial charge in [0.2, 0.25) is 5.91 Å². The molecule has 0 aliphatic carbocycles. The SMILES string of the molecule is C=CCc1c(C)nc(SCC(=O)Nc2cc(Cl)ccc2Oc2ccccc2)[nH]c1=O. The Kier molecular flexibility index (Phi) is 7.32. The molecule has 8 heteroatoms. The number of nitrogens with one attached hydrogen (secondary N) is 2. The average Bonchev–Trinajstić information content (AvgIpc) is 2.72. The maximum Gasteiger partial charge on any atom is 0.255 e. The van der Waals surface area contributed by atoms with Crippen LogP contribution in [0.15, 0.2) is 71.1 Å². The van der Waals surface area contributed by atoms with Crippen molar-refractivity contribution in [1.29, 1.82) is 0 Å². The average molecular weight is 442 g/mol. The molecular weight excluding hydrogens is 422 g/mol. The smallest absolute Gasteiger partial charge is 0.255 e. The van der Waals surface area contributed by atoms with Crippen molar-refractivity contribution in [3.8, 4) is 11.5 Å². The predicted octanol–water partition coefficient (Wildman–Crippen LogP) is 4.98. The number of hydrogen-bond acceptors (Lipinski definition) is 5. The van der Waals surface area contributed by atoms with E-state index in [1.165, 1.54) is 0 Å². The second-order valence-corrected chi connectivity index (χ2v) is 7.72. The molecule has 6 nitrogen and oxygen atoms in total. The van der Waals surface area contributed by atoms with Crippen molar-refractivity contribution in [3.05, 3.63) is 87.8 Å². The summed E-state index contributed by atoms with van der Waals surface area (Å²) in [6.07, 6.45) is 2.10. The lowest BCUT2D eigenvalue weighted by Crippen LogP contribution is -2.18. The number of anilines is 1. The van der Waals surface area contributed by atoms with Crippen LogP contribution in [0.1, 0.15) is 11.3 Å². The molecule has 0 saturated heterocycles. The molecule has 30 heavy (non-hydrogen) atoms. The molecule has 0 atom stereocenters. The number of aryl methyl sites for hydroxylation is 1. The third-order valence-electron chi connectivity index (χ3n) is 4.08. The lowest BCUT2D eigenvalue weighted by atomic mass is 10.2. The number of nitrogens with zero attached hydrogens (tertiary/aromatic N) is 1. The van der Waals surface area contributed by atoms with Gasteiger partial charge in [-0.05, 0) is 43.7 Å². The first kappa shape index (κ1) is 21.7. The zero-order valence-electron chi connectivity index (χ0n) is 16.3. The van der Waals surface area contributed by atoms with Crippen molar-refractivity contribution in [2.45, 2.75) is 18.5 Å². The van der Waals surface area contributed by atoms with Crippen LogP contribution < -0.4 is 15.6 Å². The number of para-hydroxylation sites is 1. The van der Waals surface area contributed by atoms with Gasteiger partial charge in [0.1, 0.15) is 5.75 Å². The summed E-state index contributed by atoms with van der Waals surface area (Å²) in [5.74, 6) is 0.887. The number of carbonyl (C=O) groups excluding carboxylic acids is 1. The van der Waals surface area contributed by atoms with Crippen LogP contribution in [0.3, 0.4) is 0 Å². The van der Waals surface area contributed by atoms with E-state index in [1.807, 2.05) is 30.3 Å². The molecule has 0 spiro atoms. The van der Waals surface area contributed by atoms with Gasteiger partial charge in [-0.3, -0.25) is 9.59 Å². The third kappa shape index (κ3) is 5.75. The Labute approximate surface area is 183 Å². The van der Waals surface area contributed by atoms with Gasteiger partial charge in [0.05, 0.1) is 11.4 Å². The molecule has 3 rings (SSSR count). The summed E-state index contributed by atoms with van der Waals surface area (Å²) >= 11 is 7.22. The Morgan fingerprint density at radius 1 is 1.30 bits per heavy atom. The molecule has 0 saturated carbocycles. The number of aromatic amines is 1. The van der Waals surface area contributed by atoms with Gasteiger partial charge in [-0.25, -0.2) is 4.98 Å². The second kappa shape index (κ2) is 10.1. The summed E-state index contributed by atoms with van der Waals surface area (Å²) in [6.45, 7) is 5.40. The number of halogens is 1. The minimum absolute atomic E-state index is 0.0560. The Morgan fingerprint density at radius 3 is 2.77 bits per heavy atom. The van der Waals surface area contributed by atoms with E-state index >= 15 is 0 Å². The normalized spacial score (nSPS) is 10.5. The van der Waals surface area contributed by atoms with E-state index in [0.29, 0.717) is 45.0 Å². The maximum atomic E-state index is 12.5. The molecule has 0 aliphatic rings. The second-order valence-electron chi connectivity index (χ2n) is 6.32. The highest BCUT2D eigenvalue weighted by atomic mass is 35.5. The van der Waals surface area contributed by atoms with E-state index in [2.05, 4.69) is 21.9 Å². The van der Waals surface area contributed by atoms with Gasteiger partial charge in [0.15, 0.2) is 10.9 Å². The number of carbonyl (C=O) groups is 1. The number of H-pyrrole nitrogens is 1. The summed E-state index contributed by atoms with van der Waals surface area (Å²) in [6, 6.07) is 14.2. The molecule has 2 N–H and O–H groups in total. The quantitative estimate of drug-likeness (QED) is 0.292. The van der Waals surface area contributed by atoms with E-state index in [-0.39, 0.29) is 17.2 Å². The molecule has 1 aromatic heterocycles. The van der Waals surface area contributed by atoms with Gasteiger partial charge >= 0.3 is 0 Å². The van der Waals surface area contributed by atoms with Crippen LogP contribution in [0.25, 0.3) is 0 Å². The fourth-order valence-corrected chi connectivity index (χ4v) is 3.54. The van der Waals surface area contributed by atoms with Crippen LogP contribution in [-0.4, -0.2) is 21.6 Å². The van der Waals surface area contributed by atoms with E-state index in [1.54, 1.807) is 31.2 Å². The minimum atomic E-state index is -0.282. The molecule has 0 unspecified atom stereocenters. The first-order valence-corrected chi connectivity index (χ1v) is 10.5. The van der Waals surface area contributed by atoms with Gasteiger partial charge in [0.25, 0.3) is 5.56 Å². The van der Waals surface area contributed by atoms with Crippen LogP contribution in [0.5, 0.6) is 11.5 Å². The van der Waals surface area contributed by atoms with E-state index < -0.39 is 0 Å². The predicted molar refractivity (Wildman–Crippen MR) is 121 cm³/mol. The number of benzene rings is 2. The number of ether oxygens (including phenoxy) is 1. The molecule has 3 aromatic rings. The van der Waals surface area contributed by atoms with Crippen LogP contribution >= 0.6 is 23.4 Å². The monoisotopic (exact) mass is 441 g/mol. The number of amides is 1. The largest absolute Gasteiger partial charge is 0.455 e. The summed E-state index contributed by atoms with van der Waals surface area (Å²) < 4.78 is 5.85. The van der Waals surface area contributed by atoms with Gasteiger partial charge in [-0.2, -0.15) is 0 Å². The minimum Gasteiger partial charge on any atom is -0.455 e. The molecule has 2 aromatic carbocycles. The standard InChI is InChI=1S/C22H20ClN3O3S/c1-3-7-17-14(2)24-22(26-21(17)28)30-13-20(27)25-18-12-15(23)10-11-19(18)29-16-8-5-4-6-9-16/h3-6,8-12H,1,7,13H2,2H3,(H,25,27)(H,24,26,28). The first-order valence-electron chi connectivity index (χ1n) is 9.12. The van der Waals surface area contributed by atoms with Crippen molar-refractivity contribution in [2.24, 2.45) is 0 Å². The van der Waals surface area contributed by atoms with E-state index in [4.69, 9.17) is 16.3 Å². The Morgan fingerprint density at radius 2 is 2.07 bits per heavy atom. The highest BCUT2D eigenvalue weighted by Crippen LogP contribution is 2.32. The van der Waals surface area contributed by atoms with Gasteiger partial charge in [0, 0.05) is 16.3 Å². The van der Waals surface area contributed by atoms with Crippen LogP contribution in [0.4, 0.5) is 5.69 Å². The van der Waals surface area contributed by atoms with E-state index in [0.717, 1.165) is 11.8 Å². The number of thioether (sulfide) groups is 1. The maximum absolute atomic E-state index is 12.5. The summed E-state index contributed by atoms with van der Waals surface area (Å²) in [5.41, 5.74) is 1.42. The number of rotatable bonds is 8. The van der Waals surface area contributed by atoms with Gasteiger partial charge in [-0.15, -0.1) is 6.58 Å². The lowest BCUT2D eigenvalue weighted by molar-refractivity contribution is -0.113. The summed E-state index contributed by atoms with van der Waals surface area (Å²) in [5, 5.41) is 3.65. The summed E-state index contributed by atoms with van der Waals surface area (Å²) in [7, 11) is 0. The Balaban J connectivity index is 1.69. The summed E-state index contributed by atoms with van der Waals surface area (Å²) in [4.78, 5) is 31.7. The lowest BCUT2D eigenvalue weighted by Gasteiger charge is -2.13. The molecule has 154 valence electrons. The molecule has 0 radical (unpaired) electrons. The highest BCUT2D eigenvalue weighted by Gasteiger charge is 2.12. The first-order chi connectivity index (χ1) is 14.5. The van der Waals surface area contributed by atoms with E-state index in [9.17, 15) is 9.59 Å². The number of aromatic nitrogens is 2. The van der Waals surface area contributed by atoms with Crippen molar-refractivity contribution in [1.82, 2.24) is 9.97 Å². The Hall–Kier alpha value is -3.03. The van der Waals surface area contributed by atoms with Crippen molar-refractivity contribution in [3.63, 3.8) is 0 Å². The highest BCUT2D eigenvalue weighted by molar-refractivity contribution is 7.99. The Bertz CT molecular complexity index is 1120. The van der Waals surface area contributed by atoms with Gasteiger partial charge in [-0.1, -0.05) is 47.6 Å². The topological polar surface area (TPSA) is 84.1 Å². The van der Waals surface area contributed by atoms with Crippen LogP contribution in [0.2, 0.25) is 5.02 Å². The molecule has 1 heterocycles. The van der Waals surface area contributed by atoms with Gasteiger partial charge < -0.3 is 15.0 Å².